The molecule has 0 aliphatic carbocycles. The molecule has 0 spiro atoms. The zero-order valence-electron chi connectivity index (χ0n) is 13.2. The molecule has 0 aliphatic rings. The van der Waals surface area contributed by atoms with E-state index < -0.39 is 0 Å². The Morgan fingerprint density at radius 1 is 1.29 bits per heavy atom. The van der Waals surface area contributed by atoms with Crippen molar-refractivity contribution >= 4 is 11.3 Å². The lowest BCUT2D eigenvalue weighted by Crippen LogP contribution is -2.13. The summed E-state index contributed by atoms with van der Waals surface area (Å²) in [4.78, 5) is 5.27. The Balaban J connectivity index is 2.20. The highest BCUT2D eigenvalue weighted by Gasteiger charge is 2.23. The van der Waals surface area contributed by atoms with E-state index in [9.17, 15) is 5.26 Å². The van der Waals surface area contributed by atoms with Gasteiger partial charge >= 0.3 is 0 Å². The first-order valence-corrected chi connectivity index (χ1v) is 7.73. The molecule has 3 nitrogen and oxygen atoms in total. The summed E-state index contributed by atoms with van der Waals surface area (Å²) >= 11 is 1.42. The van der Waals surface area contributed by atoms with E-state index >= 15 is 0 Å². The van der Waals surface area contributed by atoms with Gasteiger partial charge in [0.25, 0.3) is 0 Å². The molecule has 0 amide bonds. The van der Waals surface area contributed by atoms with Crippen LogP contribution in [0.1, 0.15) is 47.5 Å². The van der Waals surface area contributed by atoms with Gasteiger partial charge in [0, 0.05) is 5.41 Å². The van der Waals surface area contributed by atoms with Gasteiger partial charge in [0.15, 0.2) is 0 Å². The summed E-state index contributed by atoms with van der Waals surface area (Å²) in [5.41, 5.74) is 3.00. The molecular weight excluding hydrogens is 280 g/mol. The highest BCUT2D eigenvalue weighted by molar-refractivity contribution is 7.12. The van der Waals surface area contributed by atoms with Crippen LogP contribution in [0, 0.1) is 25.2 Å². The van der Waals surface area contributed by atoms with Gasteiger partial charge in [-0.2, -0.15) is 5.26 Å². The van der Waals surface area contributed by atoms with Crippen LogP contribution in [0.15, 0.2) is 18.2 Å². The number of nitriles is 1. The molecule has 0 fully saturated rings. The Kier molecular flexibility index (Phi) is 4.34. The van der Waals surface area contributed by atoms with E-state index in [-0.39, 0.29) is 5.41 Å². The quantitative estimate of drug-likeness (QED) is 0.838. The molecule has 110 valence electrons. The predicted molar refractivity (Wildman–Crippen MR) is 85.8 cm³/mol. The maximum absolute atomic E-state index is 9.24. The molecule has 0 aliphatic heterocycles. The largest absolute Gasteiger partial charge is 0.486 e. The number of benzene rings is 1. The molecule has 0 radical (unpaired) electrons. The Morgan fingerprint density at radius 2 is 2.00 bits per heavy atom. The number of rotatable bonds is 3. The molecule has 1 aromatic carbocycles. The van der Waals surface area contributed by atoms with Gasteiger partial charge in [-0.25, -0.2) is 4.98 Å². The Labute approximate surface area is 130 Å². The predicted octanol–water partition coefficient (Wildman–Crippen LogP) is 4.51. The fourth-order valence-electron chi connectivity index (χ4n) is 2.01. The number of nitrogens with zero attached hydrogens (tertiary/aromatic N) is 2. The minimum Gasteiger partial charge on any atom is -0.486 e. The van der Waals surface area contributed by atoms with Gasteiger partial charge < -0.3 is 4.74 Å². The second-order valence-electron chi connectivity index (χ2n) is 6.20. The fraction of sp³-hybridized carbons (Fsp3) is 0.412. The summed E-state index contributed by atoms with van der Waals surface area (Å²) in [5, 5.41) is 10.1. The summed E-state index contributed by atoms with van der Waals surface area (Å²) in [6.45, 7) is 10.7. The molecule has 2 aromatic rings. The second kappa shape index (κ2) is 5.87. The summed E-state index contributed by atoms with van der Waals surface area (Å²) < 4.78 is 5.87. The van der Waals surface area contributed by atoms with Crippen LogP contribution in [0.25, 0.3) is 0 Å². The van der Waals surface area contributed by atoms with Crippen molar-refractivity contribution in [1.82, 2.24) is 4.98 Å². The fourth-order valence-corrected chi connectivity index (χ4v) is 3.00. The summed E-state index contributed by atoms with van der Waals surface area (Å²) in [7, 11) is 0. The van der Waals surface area contributed by atoms with Crippen molar-refractivity contribution in [3.8, 4) is 11.8 Å². The summed E-state index contributed by atoms with van der Waals surface area (Å²) in [6.07, 6.45) is 0. The van der Waals surface area contributed by atoms with Gasteiger partial charge in [-0.05, 0) is 31.0 Å². The summed E-state index contributed by atoms with van der Waals surface area (Å²) in [5.74, 6) is 0.876. The van der Waals surface area contributed by atoms with Gasteiger partial charge in [-0.3, -0.25) is 0 Å². The van der Waals surface area contributed by atoms with E-state index in [4.69, 9.17) is 4.74 Å². The van der Waals surface area contributed by atoms with Crippen molar-refractivity contribution in [3.05, 3.63) is 44.9 Å². The minimum atomic E-state index is -0.126. The molecule has 0 unspecified atom stereocenters. The number of aromatic nitrogens is 1. The first-order chi connectivity index (χ1) is 9.81. The van der Waals surface area contributed by atoms with E-state index in [0.717, 1.165) is 22.0 Å². The van der Waals surface area contributed by atoms with Gasteiger partial charge in [0.1, 0.15) is 28.3 Å². The van der Waals surface area contributed by atoms with Gasteiger partial charge in [0.2, 0.25) is 0 Å². The maximum Gasteiger partial charge on any atom is 0.140 e. The molecule has 0 bridgehead atoms. The van der Waals surface area contributed by atoms with E-state index in [1.807, 2.05) is 26.0 Å². The SMILES string of the molecule is Cc1ccc(C)c(OCc2nc(C(C)(C)C)c(C#N)s2)c1. The standard InChI is InChI=1S/C17H20N2OS/c1-11-6-7-12(2)13(8-11)20-10-15-19-16(17(3,4)5)14(9-18)21-15/h6-8H,10H2,1-5H3. The topological polar surface area (TPSA) is 45.9 Å². The normalized spacial score (nSPS) is 11.2. The smallest absolute Gasteiger partial charge is 0.140 e. The molecule has 0 atom stereocenters. The molecule has 0 N–H and O–H groups in total. The number of hydrogen-bond acceptors (Lipinski definition) is 4. The number of aryl methyl sites for hydroxylation is 2. The zero-order chi connectivity index (χ0) is 15.6. The first kappa shape index (κ1) is 15.5. The third kappa shape index (κ3) is 3.62. The Morgan fingerprint density at radius 3 is 2.57 bits per heavy atom. The molecular formula is C17H20N2OS. The van der Waals surface area contributed by atoms with E-state index in [0.29, 0.717) is 11.5 Å². The average Bonchev–Trinajstić information content (AvgIpc) is 2.83. The third-order valence-electron chi connectivity index (χ3n) is 3.18. The van der Waals surface area contributed by atoms with Crippen LogP contribution in [0.3, 0.4) is 0 Å². The van der Waals surface area contributed by atoms with E-state index in [1.54, 1.807) is 0 Å². The van der Waals surface area contributed by atoms with Crippen LogP contribution in [0.4, 0.5) is 0 Å². The average molecular weight is 300 g/mol. The lowest BCUT2D eigenvalue weighted by atomic mass is 9.91. The van der Waals surface area contributed by atoms with Gasteiger partial charge in [-0.1, -0.05) is 32.9 Å². The van der Waals surface area contributed by atoms with Gasteiger partial charge in [0.05, 0.1) is 5.69 Å². The van der Waals surface area contributed by atoms with E-state index in [1.165, 1.54) is 16.9 Å². The Bertz CT molecular complexity index is 690. The van der Waals surface area contributed by atoms with E-state index in [2.05, 4.69) is 37.9 Å². The number of hydrogen-bond donors (Lipinski definition) is 0. The molecule has 0 saturated heterocycles. The molecule has 4 heteroatoms. The van der Waals surface area contributed by atoms with Crippen molar-refractivity contribution in [1.29, 1.82) is 5.26 Å². The van der Waals surface area contributed by atoms with Crippen LogP contribution in [-0.2, 0) is 12.0 Å². The third-order valence-corrected chi connectivity index (χ3v) is 4.11. The molecule has 1 heterocycles. The van der Waals surface area contributed by atoms with Gasteiger partial charge in [-0.15, -0.1) is 11.3 Å². The van der Waals surface area contributed by atoms with Crippen LogP contribution in [0.5, 0.6) is 5.75 Å². The van der Waals surface area contributed by atoms with Crippen LogP contribution in [-0.4, -0.2) is 4.98 Å². The maximum atomic E-state index is 9.24. The zero-order valence-corrected chi connectivity index (χ0v) is 14.0. The Hall–Kier alpha value is -1.86. The van der Waals surface area contributed by atoms with Crippen LogP contribution >= 0.6 is 11.3 Å². The lowest BCUT2D eigenvalue weighted by Gasteiger charge is -2.15. The van der Waals surface area contributed by atoms with Crippen molar-refractivity contribution in [3.63, 3.8) is 0 Å². The molecule has 21 heavy (non-hydrogen) atoms. The number of thiazole rings is 1. The van der Waals surface area contributed by atoms with Crippen molar-refractivity contribution in [2.24, 2.45) is 0 Å². The van der Waals surface area contributed by atoms with Crippen LogP contribution < -0.4 is 4.74 Å². The molecule has 0 saturated carbocycles. The monoisotopic (exact) mass is 300 g/mol. The second-order valence-corrected chi connectivity index (χ2v) is 7.29. The molecule has 1 aromatic heterocycles. The first-order valence-electron chi connectivity index (χ1n) is 6.91. The van der Waals surface area contributed by atoms with Crippen molar-refractivity contribution < 1.29 is 4.74 Å². The molecule has 2 rings (SSSR count). The van der Waals surface area contributed by atoms with Crippen molar-refractivity contribution in [2.75, 3.05) is 0 Å². The highest BCUT2D eigenvalue weighted by Crippen LogP contribution is 2.30. The highest BCUT2D eigenvalue weighted by atomic mass is 32.1. The summed E-state index contributed by atoms with van der Waals surface area (Å²) in [6, 6.07) is 8.38. The van der Waals surface area contributed by atoms with Crippen molar-refractivity contribution in [2.45, 2.75) is 46.6 Å². The number of ether oxygens (including phenoxy) is 1. The lowest BCUT2D eigenvalue weighted by molar-refractivity contribution is 0.302. The minimum absolute atomic E-state index is 0.126. The van der Waals surface area contributed by atoms with Crippen LogP contribution in [0.2, 0.25) is 0 Å².